The number of likely N-dealkylation sites (N-methyl/N-ethyl adjacent to an activating group) is 1. The molecule has 7 atom stereocenters. The fourth-order valence-corrected chi connectivity index (χ4v) is 7.51. The molecule has 1 aliphatic heterocycles. The summed E-state index contributed by atoms with van der Waals surface area (Å²) in [5.41, 5.74) is 0. The van der Waals surface area contributed by atoms with Gasteiger partial charge >= 0.3 is 11.9 Å². The minimum atomic E-state index is -4.71. The van der Waals surface area contributed by atoms with Crippen LogP contribution < -0.4 is 4.89 Å². The van der Waals surface area contributed by atoms with E-state index in [4.69, 9.17) is 23.3 Å². The summed E-state index contributed by atoms with van der Waals surface area (Å²) < 4.78 is 39.6. The lowest BCUT2D eigenvalue weighted by molar-refractivity contribution is -0.870. The zero-order valence-electron chi connectivity index (χ0n) is 39.1. The van der Waals surface area contributed by atoms with Crippen molar-refractivity contribution in [3.05, 3.63) is 48.6 Å². The van der Waals surface area contributed by atoms with Crippen LogP contribution in [0.1, 0.15) is 162 Å². The number of aliphatic hydroxyl groups is 3. The summed E-state index contributed by atoms with van der Waals surface area (Å²) in [4.78, 5) is 37.9. The molecule has 2 unspecified atom stereocenters. The highest BCUT2D eigenvalue weighted by molar-refractivity contribution is 7.45. The van der Waals surface area contributed by atoms with Crippen LogP contribution in [-0.2, 0) is 37.4 Å². The number of hydrogen-bond acceptors (Lipinski definition) is 12. The molecule has 13 nitrogen and oxygen atoms in total. The van der Waals surface area contributed by atoms with Crippen molar-refractivity contribution in [1.82, 2.24) is 0 Å². The third kappa shape index (κ3) is 33.3. The Labute approximate surface area is 375 Å². The van der Waals surface area contributed by atoms with E-state index in [9.17, 15) is 34.4 Å². The summed E-state index contributed by atoms with van der Waals surface area (Å²) in [5.74, 6) is -1.36. The number of rotatable bonds is 38. The maximum absolute atomic E-state index is 12.8. The molecule has 1 saturated heterocycles. The van der Waals surface area contributed by atoms with Gasteiger partial charge in [-0.15, -0.1) is 0 Å². The standard InChI is InChI=1S/C48H86NO12P/c1-6-8-10-11-12-13-14-15-16-17-18-19-20-21-22-23-28-32-46(52)57-39-42(40-59-62(55,56)58-37-36-49(3,4)5)60-47(53)33-29-25-24-27-31-43-44(51)38-48(54)61-45(43)35-34-41(50)30-26-9-7-2/h12-13,15-16,24,27,34-35,41-45,48,50-51,54H,6-11,14,17-23,25-26,28-33,36-40H2,1-5H3/b13-12-,16-15-,27-24-,35-34+/t41-,42+,43-,44-,45+,48?/m0/s1. The third-order valence-corrected chi connectivity index (χ3v) is 11.6. The zero-order valence-corrected chi connectivity index (χ0v) is 40.0. The zero-order chi connectivity index (χ0) is 45.9. The SMILES string of the molecule is CCCCC/C=C\C/C=C\CCCCCCCCCC(=O)OC[C@H](COP(=O)([O-])OCC[N+](C)(C)C)OC(=O)CCC/C=C\C[C@H]1[C@@H](O)CC(O)O[C@@H]1/C=C/[C@@H](O)CCCCC. The molecule has 0 bridgehead atoms. The van der Waals surface area contributed by atoms with E-state index in [-0.39, 0.29) is 38.4 Å². The molecule has 0 spiro atoms. The average molecular weight is 900 g/mol. The molecule has 0 amide bonds. The molecule has 3 N–H and O–H groups in total. The maximum atomic E-state index is 12.8. The Bertz CT molecular complexity index is 1320. The summed E-state index contributed by atoms with van der Waals surface area (Å²) >= 11 is 0. The van der Waals surface area contributed by atoms with E-state index in [1.54, 1.807) is 12.2 Å². The van der Waals surface area contributed by atoms with Gasteiger partial charge in [-0.25, -0.2) is 0 Å². The van der Waals surface area contributed by atoms with Crippen molar-refractivity contribution >= 4 is 19.8 Å². The Hall–Kier alpha value is -2.19. The van der Waals surface area contributed by atoms with Crippen molar-refractivity contribution in [2.45, 2.75) is 192 Å². The van der Waals surface area contributed by atoms with E-state index in [1.165, 1.54) is 38.5 Å². The van der Waals surface area contributed by atoms with Gasteiger partial charge in [0.15, 0.2) is 12.4 Å². The van der Waals surface area contributed by atoms with Crippen molar-refractivity contribution in [3.63, 3.8) is 0 Å². The molecule has 0 aromatic carbocycles. The topological polar surface area (TPSA) is 181 Å². The van der Waals surface area contributed by atoms with Crippen molar-refractivity contribution in [2.75, 3.05) is 47.5 Å². The molecule has 0 radical (unpaired) electrons. The largest absolute Gasteiger partial charge is 0.756 e. The average Bonchev–Trinajstić information content (AvgIpc) is 3.20. The number of nitrogens with zero attached hydrogens (tertiary/aromatic N) is 1. The smallest absolute Gasteiger partial charge is 0.306 e. The number of phosphoric ester groups is 1. The highest BCUT2D eigenvalue weighted by atomic mass is 31.2. The van der Waals surface area contributed by atoms with Crippen LogP contribution in [0, 0.1) is 5.92 Å². The Kier molecular flexibility index (Phi) is 33.6. The van der Waals surface area contributed by atoms with Gasteiger partial charge in [-0.1, -0.05) is 127 Å². The molecule has 1 aliphatic rings. The lowest BCUT2D eigenvalue weighted by Gasteiger charge is -2.36. The van der Waals surface area contributed by atoms with Gasteiger partial charge < -0.3 is 48.0 Å². The van der Waals surface area contributed by atoms with E-state index >= 15 is 0 Å². The van der Waals surface area contributed by atoms with E-state index < -0.39 is 57.1 Å². The van der Waals surface area contributed by atoms with Gasteiger partial charge in [0, 0.05) is 25.2 Å². The van der Waals surface area contributed by atoms with Gasteiger partial charge in [0.1, 0.15) is 19.8 Å². The molecule has 0 saturated carbocycles. The maximum Gasteiger partial charge on any atom is 0.306 e. The Morgan fingerprint density at radius 2 is 1.37 bits per heavy atom. The van der Waals surface area contributed by atoms with Crippen LogP contribution in [0.2, 0.25) is 0 Å². The van der Waals surface area contributed by atoms with Gasteiger partial charge in [0.05, 0.1) is 46.1 Å². The summed E-state index contributed by atoms with van der Waals surface area (Å²) in [6.07, 6.45) is 31.8. The number of esters is 2. The van der Waals surface area contributed by atoms with E-state index in [2.05, 4.69) is 38.2 Å². The Morgan fingerprint density at radius 3 is 2.05 bits per heavy atom. The Balaban J connectivity index is 2.51. The quantitative estimate of drug-likeness (QED) is 0.0176. The van der Waals surface area contributed by atoms with Crippen molar-refractivity contribution < 1.29 is 62.1 Å². The van der Waals surface area contributed by atoms with E-state index in [0.29, 0.717) is 43.1 Å². The molecule has 0 aromatic rings. The summed E-state index contributed by atoms with van der Waals surface area (Å²) in [6, 6.07) is 0. The van der Waals surface area contributed by atoms with Crippen LogP contribution in [0.5, 0.6) is 0 Å². The molecule has 1 rings (SSSR count). The van der Waals surface area contributed by atoms with Crippen molar-refractivity contribution in [1.29, 1.82) is 0 Å². The molecule has 14 heteroatoms. The van der Waals surface area contributed by atoms with E-state index in [1.807, 2.05) is 33.3 Å². The normalized spacial score (nSPS) is 20.7. The van der Waals surface area contributed by atoms with Crippen LogP contribution in [0.25, 0.3) is 0 Å². The number of quaternary nitrogens is 1. The second-order valence-electron chi connectivity index (χ2n) is 17.6. The number of aliphatic hydroxyl groups excluding tert-OH is 3. The van der Waals surface area contributed by atoms with E-state index in [0.717, 1.165) is 57.8 Å². The second-order valence-corrected chi connectivity index (χ2v) is 19.1. The summed E-state index contributed by atoms with van der Waals surface area (Å²) in [6.45, 7) is 3.76. The highest BCUT2D eigenvalue weighted by Gasteiger charge is 2.35. The predicted molar refractivity (Wildman–Crippen MR) is 244 cm³/mol. The number of allylic oxidation sites excluding steroid dienone is 6. The molecule has 360 valence electrons. The van der Waals surface area contributed by atoms with Gasteiger partial charge in [-0.05, 0) is 64.2 Å². The number of phosphoric acid groups is 1. The minimum absolute atomic E-state index is 0.0278. The van der Waals surface area contributed by atoms with Gasteiger partial charge in [0.25, 0.3) is 7.82 Å². The van der Waals surface area contributed by atoms with Crippen molar-refractivity contribution in [3.8, 4) is 0 Å². The number of hydrogen-bond donors (Lipinski definition) is 3. The number of carbonyl (C=O) groups excluding carboxylic acids is 2. The Morgan fingerprint density at radius 1 is 0.774 bits per heavy atom. The van der Waals surface area contributed by atoms with Crippen LogP contribution in [-0.4, -0.2) is 110 Å². The van der Waals surface area contributed by atoms with Gasteiger partial charge in [0.2, 0.25) is 0 Å². The number of unbranched alkanes of at least 4 members (excludes halogenated alkanes) is 13. The lowest BCUT2D eigenvalue weighted by atomic mass is 9.87. The first-order valence-electron chi connectivity index (χ1n) is 23.7. The molecule has 62 heavy (non-hydrogen) atoms. The molecule has 0 aromatic heterocycles. The van der Waals surface area contributed by atoms with Crippen LogP contribution >= 0.6 is 7.82 Å². The fraction of sp³-hybridized carbons (Fsp3) is 0.792. The van der Waals surface area contributed by atoms with Crippen LogP contribution in [0.3, 0.4) is 0 Å². The highest BCUT2D eigenvalue weighted by Crippen LogP contribution is 2.38. The molecule has 1 heterocycles. The third-order valence-electron chi connectivity index (χ3n) is 10.6. The summed E-state index contributed by atoms with van der Waals surface area (Å²) in [7, 11) is 0.988. The van der Waals surface area contributed by atoms with Crippen LogP contribution in [0.15, 0.2) is 48.6 Å². The minimum Gasteiger partial charge on any atom is -0.756 e. The molecule has 1 fully saturated rings. The summed E-state index contributed by atoms with van der Waals surface area (Å²) in [5, 5.41) is 31.0. The number of ether oxygens (including phenoxy) is 3. The lowest BCUT2D eigenvalue weighted by Crippen LogP contribution is -2.43. The fourth-order valence-electron chi connectivity index (χ4n) is 6.78. The van der Waals surface area contributed by atoms with Crippen LogP contribution in [0.4, 0.5) is 0 Å². The molecule has 0 aliphatic carbocycles. The first-order chi connectivity index (χ1) is 29.7. The molecular weight excluding hydrogens is 813 g/mol. The number of carbonyl (C=O) groups is 2. The monoisotopic (exact) mass is 900 g/mol. The van der Waals surface area contributed by atoms with Crippen molar-refractivity contribution in [2.24, 2.45) is 5.92 Å². The first kappa shape index (κ1) is 57.8. The molecular formula is C48H86NO12P. The predicted octanol–water partition coefficient (Wildman–Crippen LogP) is 8.94. The first-order valence-corrected chi connectivity index (χ1v) is 25.2. The van der Waals surface area contributed by atoms with Gasteiger partial charge in [-0.2, -0.15) is 0 Å². The van der Waals surface area contributed by atoms with Gasteiger partial charge in [-0.3, -0.25) is 14.2 Å². The second kappa shape index (κ2) is 36.1.